The lowest BCUT2D eigenvalue weighted by Gasteiger charge is -2.26. The molecule has 1 saturated heterocycles. The monoisotopic (exact) mass is 435 g/mol. The molecule has 5 N–H and O–H groups in total. The highest BCUT2D eigenvalue weighted by atomic mass is 16.5. The number of nitrogens with one attached hydrogen (secondary N) is 2. The Balaban J connectivity index is 1.67. The van der Waals surface area contributed by atoms with E-state index in [0.717, 1.165) is 5.56 Å². The Labute approximate surface area is 181 Å². The average Bonchev–Trinajstić information content (AvgIpc) is 3.22. The van der Waals surface area contributed by atoms with Crippen LogP contribution in [0.15, 0.2) is 30.5 Å². The minimum absolute atomic E-state index is 0.172. The number of fused-ring (bicyclic) bond motifs is 1. The first-order valence-electron chi connectivity index (χ1n) is 9.34. The number of urea groups is 1. The van der Waals surface area contributed by atoms with Crippen molar-refractivity contribution in [3.63, 3.8) is 0 Å². The number of methoxy groups -OCH3 is 1. The van der Waals surface area contributed by atoms with Crippen LogP contribution in [0.2, 0.25) is 0 Å². The minimum Gasteiger partial charge on any atom is -0.497 e. The van der Waals surface area contributed by atoms with Gasteiger partial charge in [-0.15, -0.1) is 0 Å². The van der Waals surface area contributed by atoms with Crippen LogP contribution in [0.3, 0.4) is 0 Å². The SMILES string of the molecule is COc1ccc2c(c1)C(=O)N(C[C@]1(C#Cc3cnc(N)c(C(=O)O)c3)NC(=O)NC1=O)C2. The normalized spacial score (nSPS) is 19.0. The third-order valence-corrected chi connectivity index (χ3v) is 5.13. The van der Waals surface area contributed by atoms with Crippen LogP contribution in [-0.4, -0.2) is 58.0 Å². The number of hydrogen-bond donors (Lipinski definition) is 4. The van der Waals surface area contributed by atoms with Crippen LogP contribution >= 0.6 is 0 Å². The molecule has 11 nitrogen and oxygen atoms in total. The zero-order valence-corrected chi connectivity index (χ0v) is 16.8. The number of carboxylic acids is 1. The first kappa shape index (κ1) is 20.7. The molecular formula is C21H17N5O6. The Bertz CT molecular complexity index is 1250. The summed E-state index contributed by atoms with van der Waals surface area (Å²) in [5.74, 6) is 3.35. The van der Waals surface area contributed by atoms with Crippen molar-refractivity contribution >= 4 is 29.6 Å². The second-order valence-electron chi connectivity index (χ2n) is 7.21. The minimum atomic E-state index is -1.73. The van der Waals surface area contributed by atoms with E-state index in [1.165, 1.54) is 24.3 Å². The number of aromatic carboxylic acids is 1. The molecule has 0 radical (unpaired) electrons. The topological polar surface area (TPSA) is 164 Å². The third-order valence-electron chi connectivity index (χ3n) is 5.13. The smallest absolute Gasteiger partial charge is 0.339 e. The van der Waals surface area contributed by atoms with Crippen molar-refractivity contribution < 1.29 is 29.0 Å². The zero-order valence-electron chi connectivity index (χ0n) is 16.8. The summed E-state index contributed by atoms with van der Waals surface area (Å²) in [7, 11) is 1.49. The van der Waals surface area contributed by atoms with Crippen LogP contribution in [0, 0.1) is 11.8 Å². The number of benzene rings is 1. The molecule has 162 valence electrons. The summed E-state index contributed by atoms with van der Waals surface area (Å²) in [6.07, 6.45) is 1.25. The van der Waals surface area contributed by atoms with Crippen molar-refractivity contribution in [2.45, 2.75) is 12.1 Å². The lowest BCUT2D eigenvalue weighted by molar-refractivity contribution is -0.122. The molecule has 32 heavy (non-hydrogen) atoms. The molecule has 0 unspecified atom stereocenters. The van der Waals surface area contributed by atoms with Gasteiger partial charge in [0.25, 0.3) is 11.8 Å². The molecule has 2 aromatic rings. The maximum absolute atomic E-state index is 12.9. The van der Waals surface area contributed by atoms with E-state index in [-0.39, 0.29) is 35.9 Å². The Morgan fingerprint density at radius 1 is 1.34 bits per heavy atom. The molecule has 2 aliphatic rings. The van der Waals surface area contributed by atoms with Crippen LogP contribution in [0.4, 0.5) is 10.6 Å². The van der Waals surface area contributed by atoms with Crippen LogP contribution in [0.5, 0.6) is 5.75 Å². The second-order valence-corrected chi connectivity index (χ2v) is 7.21. The molecule has 0 bridgehead atoms. The van der Waals surface area contributed by atoms with Crippen LogP contribution in [0.1, 0.15) is 31.8 Å². The number of ether oxygens (including phenoxy) is 1. The van der Waals surface area contributed by atoms with Gasteiger partial charge in [0, 0.05) is 23.9 Å². The second kappa shape index (κ2) is 7.59. The number of anilines is 1. The third kappa shape index (κ3) is 3.54. The maximum atomic E-state index is 12.9. The van der Waals surface area contributed by atoms with E-state index >= 15 is 0 Å². The first-order valence-corrected chi connectivity index (χ1v) is 9.34. The molecule has 4 amide bonds. The predicted octanol–water partition coefficient (Wildman–Crippen LogP) is -0.0437. The van der Waals surface area contributed by atoms with Gasteiger partial charge < -0.3 is 25.8 Å². The Morgan fingerprint density at radius 3 is 2.78 bits per heavy atom. The van der Waals surface area contributed by atoms with Crippen molar-refractivity contribution in [1.82, 2.24) is 20.5 Å². The predicted molar refractivity (Wildman–Crippen MR) is 110 cm³/mol. The van der Waals surface area contributed by atoms with E-state index < -0.39 is 23.4 Å². The van der Waals surface area contributed by atoms with Gasteiger partial charge in [0.15, 0.2) is 0 Å². The number of nitrogen functional groups attached to an aromatic ring is 1. The Hall–Kier alpha value is -4.59. The number of pyridine rings is 1. The summed E-state index contributed by atoms with van der Waals surface area (Å²) >= 11 is 0. The van der Waals surface area contributed by atoms with Gasteiger partial charge in [0.1, 0.15) is 17.1 Å². The average molecular weight is 435 g/mol. The number of nitrogens with zero attached hydrogens (tertiary/aromatic N) is 2. The van der Waals surface area contributed by atoms with Crippen LogP contribution in [-0.2, 0) is 11.3 Å². The van der Waals surface area contributed by atoms with E-state index in [1.54, 1.807) is 18.2 Å². The number of hydrogen-bond acceptors (Lipinski definition) is 7. The summed E-state index contributed by atoms with van der Waals surface area (Å²) in [4.78, 5) is 53.9. The molecular weight excluding hydrogens is 418 g/mol. The Morgan fingerprint density at radius 2 is 2.12 bits per heavy atom. The van der Waals surface area contributed by atoms with Crippen molar-refractivity contribution in [3.05, 3.63) is 52.7 Å². The van der Waals surface area contributed by atoms with E-state index in [2.05, 4.69) is 27.5 Å². The molecule has 1 aromatic heterocycles. The highest BCUT2D eigenvalue weighted by molar-refractivity contribution is 6.10. The van der Waals surface area contributed by atoms with Crippen LogP contribution < -0.4 is 21.1 Å². The fourth-order valence-corrected chi connectivity index (χ4v) is 3.51. The summed E-state index contributed by atoms with van der Waals surface area (Å²) < 4.78 is 5.16. The molecule has 2 aliphatic heterocycles. The lowest BCUT2D eigenvalue weighted by atomic mass is 9.99. The van der Waals surface area contributed by atoms with Gasteiger partial charge in [0.05, 0.1) is 13.7 Å². The standard InChI is InChI=1S/C21H17N5O6/c1-32-13-3-2-12-9-26(17(27)14(12)7-13)10-21(19(30)24-20(31)25-21)5-4-11-6-15(18(28)29)16(22)23-8-11/h2-3,6-8H,9-10H2,1H3,(H2,22,23)(H,28,29)(H2,24,25,30,31)/t21-/m0/s1. The molecule has 0 saturated carbocycles. The summed E-state index contributed by atoms with van der Waals surface area (Å²) in [5, 5.41) is 13.8. The molecule has 4 rings (SSSR count). The van der Waals surface area contributed by atoms with Gasteiger partial charge in [-0.2, -0.15) is 0 Å². The fourth-order valence-electron chi connectivity index (χ4n) is 3.51. The summed E-state index contributed by atoms with van der Waals surface area (Å²) in [6.45, 7) is -0.00107. The highest BCUT2D eigenvalue weighted by Crippen LogP contribution is 2.28. The number of rotatable bonds is 4. The lowest BCUT2D eigenvalue weighted by Crippen LogP contribution is -2.54. The highest BCUT2D eigenvalue weighted by Gasteiger charge is 2.48. The molecule has 0 aliphatic carbocycles. The van der Waals surface area contributed by atoms with Crippen LogP contribution in [0.25, 0.3) is 0 Å². The molecule has 0 spiro atoms. The quantitative estimate of drug-likeness (QED) is 0.384. The summed E-state index contributed by atoms with van der Waals surface area (Å²) in [6, 6.07) is 5.55. The van der Waals surface area contributed by atoms with E-state index in [4.69, 9.17) is 10.5 Å². The van der Waals surface area contributed by atoms with E-state index in [9.17, 15) is 24.3 Å². The Kier molecular flexibility index (Phi) is 4.90. The number of carbonyl (C=O) groups is 4. The summed E-state index contributed by atoms with van der Waals surface area (Å²) in [5.41, 5.74) is 4.92. The molecule has 1 fully saturated rings. The van der Waals surface area contributed by atoms with Crippen molar-refractivity contribution in [2.24, 2.45) is 0 Å². The van der Waals surface area contributed by atoms with E-state index in [1.807, 2.05) is 0 Å². The van der Waals surface area contributed by atoms with Crippen molar-refractivity contribution in [3.8, 4) is 17.6 Å². The largest absolute Gasteiger partial charge is 0.497 e. The van der Waals surface area contributed by atoms with Gasteiger partial charge >= 0.3 is 12.0 Å². The van der Waals surface area contributed by atoms with E-state index in [0.29, 0.717) is 11.3 Å². The van der Waals surface area contributed by atoms with Gasteiger partial charge in [-0.1, -0.05) is 17.9 Å². The number of amides is 4. The number of carboxylic acid groups (broad SMARTS) is 1. The first-order chi connectivity index (χ1) is 15.2. The van der Waals surface area contributed by atoms with Crippen molar-refractivity contribution in [1.29, 1.82) is 0 Å². The zero-order chi connectivity index (χ0) is 23.0. The number of imide groups is 1. The maximum Gasteiger partial charge on any atom is 0.339 e. The molecule has 1 atom stereocenters. The van der Waals surface area contributed by atoms with Crippen molar-refractivity contribution in [2.75, 3.05) is 19.4 Å². The van der Waals surface area contributed by atoms with Gasteiger partial charge in [-0.25, -0.2) is 14.6 Å². The number of nitrogens with two attached hydrogens (primary N) is 1. The molecule has 1 aromatic carbocycles. The number of carbonyl (C=O) groups excluding carboxylic acids is 3. The van der Waals surface area contributed by atoms with Gasteiger partial charge in [0.2, 0.25) is 5.54 Å². The molecule has 11 heteroatoms. The van der Waals surface area contributed by atoms with Gasteiger partial charge in [-0.05, 0) is 23.8 Å². The fraction of sp³-hybridized carbons (Fsp3) is 0.190. The molecule has 3 heterocycles. The number of aromatic nitrogens is 1. The van der Waals surface area contributed by atoms with Gasteiger partial charge in [-0.3, -0.25) is 14.9 Å².